The molecule has 2 aliphatic rings. The summed E-state index contributed by atoms with van der Waals surface area (Å²) in [6, 6.07) is 1.76. The van der Waals surface area contributed by atoms with Crippen molar-refractivity contribution in [1.29, 1.82) is 0 Å². The summed E-state index contributed by atoms with van der Waals surface area (Å²) in [5, 5.41) is 0. The molecular formula is C18H22N4O2. The molecule has 1 spiro atoms. The van der Waals surface area contributed by atoms with Gasteiger partial charge < -0.3 is 14.2 Å². The molecule has 4 rings (SSSR count). The van der Waals surface area contributed by atoms with Crippen LogP contribution in [-0.2, 0) is 0 Å². The van der Waals surface area contributed by atoms with Crippen LogP contribution in [0.1, 0.15) is 42.5 Å². The van der Waals surface area contributed by atoms with Gasteiger partial charge in [-0.25, -0.2) is 4.98 Å². The van der Waals surface area contributed by atoms with Crippen LogP contribution in [0.4, 0.5) is 5.82 Å². The topological polar surface area (TPSA) is 62.5 Å². The van der Waals surface area contributed by atoms with Crippen molar-refractivity contribution >= 4 is 11.7 Å². The first-order chi connectivity index (χ1) is 11.8. The molecule has 24 heavy (non-hydrogen) atoms. The smallest absolute Gasteiger partial charge is 0.257 e. The van der Waals surface area contributed by atoms with Crippen LogP contribution in [0.15, 0.2) is 41.6 Å². The normalized spacial score (nSPS) is 24.3. The maximum atomic E-state index is 12.9. The average molecular weight is 326 g/mol. The van der Waals surface area contributed by atoms with Crippen molar-refractivity contribution in [2.45, 2.75) is 37.6 Å². The van der Waals surface area contributed by atoms with Gasteiger partial charge in [-0.1, -0.05) is 0 Å². The minimum absolute atomic E-state index is 0.0225. The number of amides is 1. The van der Waals surface area contributed by atoms with E-state index in [1.165, 1.54) is 0 Å². The Hall–Kier alpha value is -2.37. The van der Waals surface area contributed by atoms with Crippen LogP contribution in [0.3, 0.4) is 0 Å². The van der Waals surface area contributed by atoms with Crippen molar-refractivity contribution in [3.63, 3.8) is 0 Å². The Kier molecular flexibility index (Phi) is 3.96. The highest BCUT2D eigenvalue weighted by molar-refractivity contribution is 5.94. The number of nitrogens with zero attached hydrogens (tertiary/aromatic N) is 4. The third-order valence-electron chi connectivity index (χ3n) is 5.40. The minimum Gasteiger partial charge on any atom is -0.472 e. The number of rotatable bonds is 2. The molecule has 0 N–H and O–H groups in total. The molecule has 1 unspecified atom stereocenters. The van der Waals surface area contributed by atoms with E-state index in [1.54, 1.807) is 31.0 Å². The maximum absolute atomic E-state index is 12.9. The molecule has 6 nitrogen and oxygen atoms in total. The third-order valence-corrected chi connectivity index (χ3v) is 5.40. The first kappa shape index (κ1) is 15.2. The van der Waals surface area contributed by atoms with Gasteiger partial charge in [0, 0.05) is 37.6 Å². The molecule has 4 heterocycles. The number of anilines is 1. The van der Waals surface area contributed by atoms with E-state index in [4.69, 9.17) is 4.42 Å². The van der Waals surface area contributed by atoms with E-state index in [-0.39, 0.29) is 11.4 Å². The highest BCUT2D eigenvalue weighted by Gasteiger charge is 2.44. The number of hydrogen-bond acceptors (Lipinski definition) is 5. The van der Waals surface area contributed by atoms with Gasteiger partial charge in [-0.05, 0) is 38.2 Å². The predicted molar refractivity (Wildman–Crippen MR) is 89.8 cm³/mol. The van der Waals surface area contributed by atoms with Gasteiger partial charge in [-0.2, -0.15) is 0 Å². The Morgan fingerprint density at radius 2 is 2.00 bits per heavy atom. The van der Waals surface area contributed by atoms with E-state index < -0.39 is 0 Å². The van der Waals surface area contributed by atoms with E-state index in [9.17, 15) is 4.79 Å². The summed E-state index contributed by atoms with van der Waals surface area (Å²) < 4.78 is 5.10. The molecule has 1 atom stereocenters. The lowest BCUT2D eigenvalue weighted by Gasteiger charge is -2.38. The first-order valence-electron chi connectivity index (χ1n) is 8.64. The molecule has 2 saturated heterocycles. The van der Waals surface area contributed by atoms with Gasteiger partial charge in [0.25, 0.3) is 5.91 Å². The van der Waals surface area contributed by atoms with Crippen LogP contribution >= 0.6 is 0 Å². The molecule has 0 saturated carbocycles. The molecule has 0 aliphatic carbocycles. The highest BCUT2D eigenvalue weighted by atomic mass is 16.3. The SMILES string of the molecule is O=C(c1ccoc1)N1CCCC12CCCN(c1cnccn1)CC2. The highest BCUT2D eigenvalue weighted by Crippen LogP contribution is 2.39. The Bertz CT molecular complexity index is 688. The van der Waals surface area contributed by atoms with Crippen LogP contribution in [0.25, 0.3) is 0 Å². The average Bonchev–Trinajstić information content (AvgIpc) is 3.23. The second-order valence-electron chi connectivity index (χ2n) is 6.70. The van der Waals surface area contributed by atoms with E-state index in [1.807, 2.05) is 6.20 Å². The lowest BCUT2D eigenvalue weighted by atomic mass is 9.87. The lowest BCUT2D eigenvalue weighted by Crippen LogP contribution is -2.47. The fourth-order valence-electron chi connectivity index (χ4n) is 4.18. The van der Waals surface area contributed by atoms with Crippen molar-refractivity contribution in [2.24, 2.45) is 0 Å². The summed E-state index contributed by atoms with van der Waals surface area (Å²) in [4.78, 5) is 25.9. The summed E-state index contributed by atoms with van der Waals surface area (Å²) >= 11 is 0. The second-order valence-corrected chi connectivity index (χ2v) is 6.70. The first-order valence-corrected chi connectivity index (χ1v) is 8.64. The molecule has 6 heteroatoms. The molecule has 0 radical (unpaired) electrons. The van der Waals surface area contributed by atoms with Gasteiger partial charge in [0.1, 0.15) is 12.1 Å². The Labute approximate surface area is 141 Å². The van der Waals surface area contributed by atoms with Gasteiger partial charge in [-0.15, -0.1) is 0 Å². The Morgan fingerprint density at radius 1 is 1.12 bits per heavy atom. The molecule has 2 aromatic heterocycles. The summed E-state index contributed by atoms with van der Waals surface area (Å²) in [5.41, 5.74) is 0.636. The number of carbonyl (C=O) groups is 1. The second kappa shape index (κ2) is 6.26. The van der Waals surface area contributed by atoms with Crippen LogP contribution in [0.2, 0.25) is 0 Å². The minimum atomic E-state index is -0.0225. The van der Waals surface area contributed by atoms with E-state index >= 15 is 0 Å². The molecule has 0 aromatic carbocycles. The van der Waals surface area contributed by atoms with Crippen LogP contribution in [0, 0.1) is 0 Å². The molecule has 1 amide bonds. The van der Waals surface area contributed by atoms with Gasteiger partial charge >= 0.3 is 0 Å². The summed E-state index contributed by atoms with van der Waals surface area (Å²) in [5.74, 6) is 1.04. The fourth-order valence-corrected chi connectivity index (χ4v) is 4.18. The van der Waals surface area contributed by atoms with Crippen LogP contribution in [-0.4, -0.2) is 45.9 Å². The standard InChI is InChI=1S/C18H22N4O2/c23-17(15-3-12-24-14-15)22-10-2-5-18(22)4-1-9-21(11-6-18)16-13-19-7-8-20-16/h3,7-8,12-14H,1-2,4-6,9-11H2. The molecule has 0 bridgehead atoms. The quantitative estimate of drug-likeness (QED) is 0.849. The number of aromatic nitrogens is 2. The number of hydrogen-bond donors (Lipinski definition) is 0. The van der Waals surface area contributed by atoms with Crippen LogP contribution < -0.4 is 4.90 Å². The Morgan fingerprint density at radius 3 is 2.75 bits per heavy atom. The van der Waals surface area contributed by atoms with Crippen LogP contribution in [0.5, 0.6) is 0 Å². The van der Waals surface area contributed by atoms with Crippen molar-refractivity contribution in [1.82, 2.24) is 14.9 Å². The number of carbonyl (C=O) groups excluding carboxylic acids is 1. The van der Waals surface area contributed by atoms with Crippen molar-refractivity contribution in [2.75, 3.05) is 24.5 Å². The van der Waals surface area contributed by atoms with Crippen molar-refractivity contribution in [3.8, 4) is 0 Å². The summed E-state index contributed by atoms with van der Waals surface area (Å²) in [6.45, 7) is 2.72. The van der Waals surface area contributed by atoms with Crippen molar-refractivity contribution in [3.05, 3.63) is 42.7 Å². The van der Waals surface area contributed by atoms with Gasteiger partial charge in [-0.3, -0.25) is 9.78 Å². The monoisotopic (exact) mass is 326 g/mol. The molecule has 2 aliphatic heterocycles. The van der Waals surface area contributed by atoms with E-state index in [0.29, 0.717) is 5.56 Å². The van der Waals surface area contributed by atoms with Crippen molar-refractivity contribution < 1.29 is 9.21 Å². The van der Waals surface area contributed by atoms with Gasteiger partial charge in [0.05, 0.1) is 18.0 Å². The third kappa shape index (κ3) is 2.66. The fraction of sp³-hybridized carbons (Fsp3) is 0.500. The number of furan rings is 1. The molecule has 2 fully saturated rings. The van der Waals surface area contributed by atoms with Gasteiger partial charge in [0.2, 0.25) is 0 Å². The zero-order valence-electron chi connectivity index (χ0n) is 13.7. The number of likely N-dealkylation sites (tertiary alicyclic amines) is 1. The Balaban J connectivity index is 1.53. The predicted octanol–water partition coefficient (Wildman–Crippen LogP) is 2.73. The van der Waals surface area contributed by atoms with E-state index in [2.05, 4.69) is 19.8 Å². The van der Waals surface area contributed by atoms with Gasteiger partial charge in [0.15, 0.2) is 0 Å². The zero-order valence-corrected chi connectivity index (χ0v) is 13.7. The zero-order chi connectivity index (χ0) is 16.4. The molecular weight excluding hydrogens is 304 g/mol. The van der Waals surface area contributed by atoms with E-state index in [0.717, 1.165) is 57.6 Å². The molecule has 126 valence electrons. The largest absolute Gasteiger partial charge is 0.472 e. The maximum Gasteiger partial charge on any atom is 0.257 e. The summed E-state index contributed by atoms with van der Waals surface area (Å²) in [6.07, 6.45) is 13.6. The molecule has 2 aromatic rings. The summed E-state index contributed by atoms with van der Waals surface area (Å²) in [7, 11) is 0. The lowest BCUT2D eigenvalue weighted by molar-refractivity contribution is 0.0565.